The van der Waals surface area contributed by atoms with E-state index in [0.29, 0.717) is 66.1 Å². The quantitative estimate of drug-likeness (QED) is 0.335. The van der Waals surface area contributed by atoms with E-state index in [2.05, 4.69) is 25.8 Å². The van der Waals surface area contributed by atoms with Crippen molar-refractivity contribution in [2.75, 3.05) is 36.9 Å². The third kappa shape index (κ3) is 4.86. The largest absolute Gasteiger partial charge is 0.476 e. The fourth-order valence-electron chi connectivity index (χ4n) is 4.59. The maximum absolute atomic E-state index is 13.2. The Bertz CT molecular complexity index is 1570. The molecule has 3 N–H and O–H groups in total. The van der Waals surface area contributed by atoms with E-state index in [1.807, 2.05) is 10.6 Å². The Morgan fingerprint density at radius 3 is 2.79 bits per heavy atom. The van der Waals surface area contributed by atoms with Gasteiger partial charge in [-0.25, -0.2) is 4.98 Å². The van der Waals surface area contributed by atoms with Gasteiger partial charge in [0.05, 0.1) is 41.0 Å². The second kappa shape index (κ2) is 9.82. The summed E-state index contributed by atoms with van der Waals surface area (Å²) in [4.78, 5) is 46.5. The Labute approximate surface area is 227 Å². The average molecular weight is 550 g/mol. The van der Waals surface area contributed by atoms with Crippen molar-refractivity contribution in [2.45, 2.75) is 32.4 Å². The summed E-state index contributed by atoms with van der Waals surface area (Å²) >= 11 is 1.34. The molecule has 202 valence electrons. The first-order valence-corrected chi connectivity index (χ1v) is 13.4. The van der Waals surface area contributed by atoms with Crippen molar-refractivity contribution < 1.29 is 23.9 Å². The summed E-state index contributed by atoms with van der Waals surface area (Å²) in [6.45, 7) is 5.83. The number of carbonyl (C=O) groups is 3. The van der Waals surface area contributed by atoms with Gasteiger partial charge >= 0.3 is 0 Å². The van der Waals surface area contributed by atoms with Gasteiger partial charge in [0.2, 0.25) is 11.9 Å². The molecule has 0 aliphatic carbocycles. The molecule has 0 unspecified atom stereocenters. The predicted octanol–water partition coefficient (Wildman–Crippen LogP) is 3.10. The van der Waals surface area contributed by atoms with Crippen LogP contribution in [0.5, 0.6) is 5.75 Å². The van der Waals surface area contributed by atoms with Crippen LogP contribution in [0.15, 0.2) is 36.7 Å². The molecule has 39 heavy (non-hydrogen) atoms. The summed E-state index contributed by atoms with van der Waals surface area (Å²) in [7, 11) is 0. The number of morpholine rings is 1. The van der Waals surface area contributed by atoms with E-state index in [1.54, 1.807) is 49.3 Å². The second-order valence-electron chi connectivity index (χ2n) is 9.84. The van der Waals surface area contributed by atoms with Gasteiger partial charge in [0.1, 0.15) is 5.75 Å². The van der Waals surface area contributed by atoms with Gasteiger partial charge in [0, 0.05) is 48.8 Å². The Hall–Kier alpha value is -4.23. The van der Waals surface area contributed by atoms with E-state index in [-0.39, 0.29) is 24.1 Å². The van der Waals surface area contributed by atoms with Crippen LogP contribution in [0.25, 0.3) is 21.5 Å². The van der Waals surface area contributed by atoms with Gasteiger partial charge in [-0.1, -0.05) is 0 Å². The number of imidazole rings is 1. The summed E-state index contributed by atoms with van der Waals surface area (Å²) in [5, 5.41) is 12.5. The summed E-state index contributed by atoms with van der Waals surface area (Å²) in [5.74, 6) is 0.221. The molecule has 6 rings (SSSR count). The number of hydrogen-bond acceptors (Lipinski definition) is 8. The van der Waals surface area contributed by atoms with Crippen LogP contribution < -0.4 is 15.4 Å². The van der Waals surface area contributed by atoms with E-state index >= 15 is 0 Å². The molecule has 5 heterocycles. The van der Waals surface area contributed by atoms with Gasteiger partial charge in [-0.05, 0) is 32.0 Å². The lowest BCUT2D eigenvalue weighted by Crippen LogP contribution is -2.45. The number of nitrogens with one attached hydrogen (secondary N) is 3. The van der Waals surface area contributed by atoms with Crippen molar-refractivity contribution in [3.05, 3.63) is 41.5 Å². The van der Waals surface area contributed by atoms with E-state index in [4.69, 9.17) is 9.47 Å². The maximum Gasteiger partial charge on any atom is 0.268 e. The van der Waals surface area contributed by atoms with Crippen LogP contribution in [-0.2, 0) is 20.9 Å². The first kappa shape index (κ1) is 25.1. The third-order valence-corrected chi connectivity index (χ3v) is 7.89. The lowest BCUT2D eigenvalue weighted by molar-refractivity contribution is -0.135. The number of benzene rings is 1. The number of aryl methyl sites for hydroxylation is 1. The van der Waals surface area contributed by atoms with Crippen LogP contribution in [-0.4, -0.2) is 74.3 Å². The van der Waals surface area contributed by atoms with Crippen LogP contribution in [0.3, 0.4) is 0 Å². The molecule has 0 saturated carbocycles. The predicted molar refractivity (Wildman–Crippen MR) is 145 cm³/mol. The number of carbonyl (C=O) groups excluding carboxylic acids is 3. The summed E-state index contributed by atoms with van der Waals surface area (Å²) in [6.07, 6.45) is 3.68. The fourth-order valence-corrected chi connectivity index (χ4v) is 5.47. The SMILES string of the molecule is CC1(C)Oc2cc3c(cc2NC1=O)nc(NC(=O)c1ccc(-c2cn[nH]c2)s1)n3CCC(=O)N1CCOCC1. The number of hydrogen-bond donors (Lipinski definition) is 3. The van der Waals surface area contributed by atoms with Gasteiger partial charge in [-0.15, -0.1) is 11.3 Å². The number of fused-ring (bicyclic) bond motifs is 2. The van der Waals surface area contributed by atoms with Gasteiger partial charge in [0.25, 0.3) is 11.8 Å². The summed E-state index contributed by atoms with van der Waals surface area (Å²) in [6, 6.07) is 7.12. The van der Waals surface area contributed by atoms with Gasteiger partial charge < -0.3 is 24.3 Å². The van der Waals surface area contributed by atoms with Gasteiger partial charge in [-0.3, -0.25) is 24.8 Å². The van der Waals surface area contributed by atoms with Crippen LogP contribution in [0.4, 0.5) is 11.6 Å². The molecule has 3 aromatic heterocycles. The molecular weight excluding hydrogens is 522 g/mol. The Morgan fingerprint density at radius 1 is 1.21 bits per heavy atom. The van der Waals surface area contributed by atoms with Crippen molar-refractivity contribution >= 4 is 51.7 Å². The first-order valence-electron chi connectivity index (χ1n) is 12.6. The van der Waals surface area contributed by atoms with Gasteiger partial charge in [-0.2, -0.15) is 5.10 Å². The number of thiophene rings is 1. The molecule has 0 radical (unpaired) electrons. The minimum Gasteiger partial charge on any atom is -0.476 e. The van der Waals surface area contributed by atoms with E-state index in [9.17, 15) is 14.4 Å². The van der Waals surface area contributed by atoms with Crippen molar-refractivity contribution in [2.24, 2.45) is 0 Å². The highest BCUT2D eigenvalue weighted by atomic mass is 32.1. The molecule has 3 amide bonds. The molecule has 0 atom stereocenters. The number of amides is 3. The normalized spacial score (nSPS) is 16.5. The minimum absolute atomic E-state index is 0.00282. The number of anilines is 2. The van der Waals surface area contributed by atoms with E-state index < -0.39 is 5.60 Å². The summed E-state index contributed by atoms with van der Waals surface area (Å²) in [5.41, 5.74) is 1.58. The lowest BCUT2D eigenvalue weighted by Gasteiger charge is -2.31. The van der Waals surface area contributed by atoms with Crippen molar-refractivity contribution in [3.8, 4) is 16.2 Å². The van der Waals surface area contributed by atoms with Crippen molar-refractivity contribution in [1.82, 2.24) is 24.6 Å². The number of H-pyrrole nitrogens is 1. The third-order valence-electron chi connectivity index (χ3n) is 6.76. The van der Waals surface area contributed by atoms with Crippen LogP contribution >= 0.6 is 11.3 Å². The smallest absolute Gasteiger partial charge is 0.268 e. The topological polar surface area (TPSA) is 143 Å². The Kier molecular flexibility index (Phi) is 6.31. The van der Waals surface area contributed by atoms with Crippen LogP contribution in [0, 0.1) is 0 Å². The number of aromatic amines is 1. The maximum atomic E-state index is 13.2. The summed E-state index contributed by atoms with van der Waals surface area (Å²) < 4.78 is 13.1. The van der Waals surface area contributed by atoms with Crippen molar-refractivity contribution in [3.63, 3.8) is 0 Å². The molecule has 13 heteroatoms. The second-order valence-corrected chi connectivity index (χ2v) is 10.9. The van der Waals surface area contributed by atoms with Crippen molar-refractivity contribution in [1.29, 1.82) is 0 Å². The molecule has 0 bridgehead atoms. The number of ether oxygens (including phenoxy) is 2. The molecular formula is C26H27N7O5S. The molecule has 2 aliphatic heterocycles. The molecule has 1 saturated heterocycles. The molecule has 12 nitrogen and oxygen atoms in total. The Balaban J connectivity index is 1.32. The number of aromatic nitrogens is 4. The highest BCUT2D eigenvalue weighted by molar-refractivity contribution is 7.17. The zero-order valence-electron chi connectivity index (χ0n) is 21.4. The molecule has 1 aromatic carbocycles. The van der Waals surface area contributed by atoms with Crippen LogP contribution in [0.1, 0.15) is 29.9 Å². The molecule has 1 fully saturated rings. The van der Waals surface area contributed by atoms with Crippen LogP contribution in [0.2, 0.25) is 0 Å². The van der Waals surface area contributed by atoms with E-state index in [1.165, 1.54) is 11.3 Å². The lowest BCUT2D eigenvalue weighted by atomic mass is 10.1. The molecule has 0 spiro atoms. The number of rotatable bonds is 6. The monoisotopic (exact) mass is 549 g/mol. The zero-order chi connectivity index (χ0) is 27.1. The zero-order valence-corrected chi connectivity index (χ0v) is 22.3. The number of nitrogens with zero attached hydrogens (tertiary/aromatic N) is 4. The average Bonchev–Trinajstić information content (AvgIpc) is 3.67. The minimum atomic E-state index is -1.04. The first-order chi connectivity index (χ1) is 18.8. The standard InChI is InChI=1S/C26H27N7O5S/c1-26(2)24(36)29-17-11-16-18(12-19(17)38-26)33(6-5-22(34)32-7-9-37-10-8-32)25(30-16)31-23(35)21-4-3-20(39-21)15-13-27-28-14-15/h3-4,11-14H,5-10H2,1-2H3,(H,27,28)(H,29,36)(H,30,31,35). The highest BCUT2D eigenvalue weighted by Crippen LogP contribution is 2.38. The molecule has 2 aliphatic rings. The fraction of sp³-hybridized carbons (Fsp3) is 0.346. The Morgan fingerprint density at radius 2 is 2.03 bits per heavy atom. The van der Waals surface area contributed by atoms with E-state index in [0.717, 1.165) is 10.4 Å². The highest BCUT2D eigenvalue weighted by Gasteiger charge is 2.36. The van der Waals surface area contributed by atoms with Gasteiger partial charge in [0.15, 0.2) is 5.60 Å². The molecule has 4 aromatic rings.